The number of carbonyl (C=O) groups is 1. The van der Waals surface area contributed by atoms with E-state index in [9.17, 15) is 14.3 Å². The maximum Gasteiger partial charge on any atom is 0.325 e. The monoisotopic (exact) mass is 343 g/mol. The van der Waals surface area contributed by atoms with Crippen molar-refractivity contribution in [2.75, 3.05) is 0 Å². The Morgan fingerprint density at radius 2 is 2.26 bits per heavy atom. The van der Waals surface area contributed by atoms with Gasteiger partial charge in [0.1, 0.15) is 11.9 Å². The lowest BCUT2D eigenvalue weighted by molar-refractivity contribution is -0.139. The second kappa shape index (κ2) is 6.27. The van der Waals surface area contributed by atoms with E-state index in [4.69, 9.17) is 0 Å². The Labute approximate surface area is 122 Å². The molecule has 0 aliphatic rings. The summed E-state index contributed by atoms with van der Waals surface area (Å²) in [5.41, 5.74) is 0.379. The molecule has 2 rings (SSSR count). The van der Waals surface area contributed by atoms with E-state index in [1.54, 1.807) is 0 Å². The molecule has 100 valence electrons. The zero-order chi connectivity index (χ0) is 13.8. The molecule has 6 heteroatoms. The number of hydrogen-bond donors (Lipinski definition) is 2. The van der Waals surface area contributed by atoms with Crippen molar-refractivity contribution in [2.24, 2.45) is 0 Å². The third-order valence-corrected chi connectivity index (χ3v) is 4.18. The SMILES string of the molecule is O=C(O)C(NCc1cccs1)c1cc(F)ccc1Br. The molecule has 2 aromatic rings. The number of halogens is 2. The van der Waals surface area contributed by atoms with Gasteiger partial charge in [-0.25, -0.2) is 4.39 Å². The van der Waals surface area contributed by atoms with Crippen LogP contribution in [0.4, 0.5) is 4.39 Å². The van der Waals surface area contributed by atoms with Crippen molar-refractivity contribution in [1.82, 2.24) is 5.32 Å². The summed E-state index contributed by atoms with van der Waals surface area (Å²) in [6.07, 6.45) is 0. The number of rotatable bonds is 5. The molecule has 0 spiro atoms. The molecule has 0 saturated carbocycles. The van der Waals surface area contributed by atoms with Crippen molar-refractivity contribution in [1.29, 1.82) is 0 Å². The van der Waals surface area contributed by atoms with Crippen LogP contribution in [0.2, 0.25) is 0 Å². The van der Waals surface area contributed by atoms with Crippen molar-refractivity contribution in [2.45, 2.75) is 12.6 Å². The molecule has 0 aliphatic carbocycles. The Morgan fingerprint density at radius 1 is 1.47 bits per heavy atom. The van der Waals surface area contributed by atoms with Crippen LogP contribution in [0.5, 0.6) is 0 Å². The van der Waals surface area contributed by atoms with E-state index in [-0.39, 0.29) is 0 Å². The van der Waals surface area contributed by atoms with Crippen molar-refractivity contribution < 1.29 is 14.3 Å². The molecule has 2 N–H and O–H groups in total. The number of nitrogens with one attached hydrogen (secondary N) is 1. The van der Waals surface area contributed by atoms with E-state index in [1.165, 1.54) is 29.5 Å². The Balaban J connectivity index is 2.20. The number of hydrogen-bond acceptors (Lipinski definition) is 3. The van der Waals surface area contributed by atoms with Crippen molar-refractivity contribution in [3.8, 4) is 0 Å². The van der Waals surface area contributed by atoms with Gasteiger partial charge in [0.25, 0.3) is 0 Å². The second-order valence-electron chi connectivity index (χ2n) is 3.90. The highest BCUT2D eigenvalue weighted by Crippen LogP contribution is 2.25. The number of carboxylic acid groups (broad SMARTS) is 1. The van der Waals surface area contributed by atoms with Gasteiger partial charge in [-0.15, -0.1) is 11.3 Å². The van der Waals surface area contributed by atoms with Gasteiger partial charge in [0.2, 0.25) is 0 Å². The second-order valence-corrected chi connectivity index (χ2v) is 5.78. The van der Waals surface area contributed by atoms with Crippen LogP contribution in [0.25, 0.3) is 0 Å². The van der Waals surface area contributed by atoms with E-state index in [0.29, 0.717) is 16.6 Å². The van der Waals surface area contributed by atoms with Gasteiger partial charge < -0.3 is 5.11 Å². The van der Waals surface area contributed by atoms with Crippen molar-refractivity contribution in [3.05, 3.63) is 56.4 Å². The Kier molecular flexibility index (Phi) is 4.68. The highest BCUT2D eigenvalue weighted by atomic mass is 79.9. The zero-order valence-electron chi connectivity index (χ0n) is 9.77. The van der Waals surface area contributed by atoms with E-state index in [1.807, 2.05) is 17.5 Å². The molecule has 1 aromatic carbocycles. The zero-order valence-corrected chi connectivity index (χ0v) is 12.2. The summed E-state index contributed by atoms with van der Waals surface area (Å²) in [5.74, 6) is -1.50. The fraction of sp³-hybridized carbons (Fsp3) is 0.154. The maximum atomic E-state index is 13.2. The fourth-order valence-corrected chi connectivity index (χ4v) is 2.81. The van der Waals surface area contributed by atoms with Gasteiger partial charge in [-0.1, -0.05) is 22.0 Å². The van der Waals surface area contributed by atoms with E-state index in [0.717, 1.165) is 4.88 Å². The number of carboxylic acids is 1. The van der Waals surface area contributed by atoms with Crippen LogP contribution in [0.15, 0.2) is 40.2 Å². The average Bonchev–Trinajstić information content (AvgIpc) is 2.86. The first-order valence-electron chi connectivity index (χ1n) is 5.51. The van der Waals surface area contributed by atoms with Gasteiger partial charge in [0.05, 0.1) is 0 Å². The quantitative estimate of drug-likeness (QED) is 0.872. The molecule has 0 saturated heterocycles. The van der Waals surface area contributed by atoms with Crippen LogP contribution in [0.1, 0.15) is 16.5 Å². The molecule has 0 fully saturated rings. The lowest BCUT2D eigenvalue weighted by Gasteiger charge is -2.16. The van der Waals surface area contributed by atoms with Gasteiger partial charge in [0.15, 0.2) is 0 Å². The molecule has 0 radical (unpaired) electrons. The topological polar surface area (TPSA) is 49.3 Å². The molecule has 3 nitrogen and oxygen atoms in total. The third-order valence-electron chi connectivity index (χ3n) is 2.58. The van der Waals surface area contributed by atoms with Gasteiger partial charge >= 0.3 is 5.97 Å². The van der Waals surface area contributed by atoms with Gasteiger partial charge in [-0.2, -0.15) is 0 Å². The first-order chi connectivity index (χ1) is 9.08. The number of aliphatic carboxylic acids is 1. The van der Waals surface area contributed by atoms with Crippen LogP contribution < -0.4 is 5.32 Å². The lowest BCUT2D eigenvalue weighted by atomic mass is 10.1. The minimum atomic E-state index is -1.04. The summed E-state index contributed by atoms with van der Waals surface area (Å²) in [6, 6.07) is 6.88. The van der Waals surface area contributed by atoms with Crippen LogP contribution >= 0.6 is 27.3 Å². The first kappa shape index (κ1) is 14.2. The van der Waals surface area contributed by atoms with Gasteiger partial charge in [-0.05, 0) is 35.2 Å². The summed E-state index contributed by atoms with van der Waals surface area (Å²) in [6.45, 7) is 0.428. The maximum absolute atomic E-state index is 13.2. The molecular formula is C13H11BrFNO2S. The fourth-order valence-electron chi connectivity index (χ4n) is 1.68. The Bertz CT molecular complexity index is 574. The lowest BCUT2D eigenvalue weighted by Crippen LogP contribution is -2.28. The molecule has 0 bridgehead atoms. The summed E-state index contributed by atoms with van der Waals surface area (Å²) in [7, 11) is 0. The number of benzene rings is 1. The minimum Gasteiger partial charge on any atom is -0.480 e. The smallest absolute Gasteiger partial charge is 0.325 e. The predicted octanol–water partition coefficient (Wildman–Crippen LogP) is 3.57. The third kappa shape index (κ3) is 3.62. The highest BCUT2D eigenvalue weighted by molar-refractivity contribution is 9.10. The van der Waals surface area contributed by atoms with Gasteiger partial charge in [-0.3, -0.25) is 10.1 Å². The van der Waals surface area contributed by atoms with Gasteiger partial charge in [0, 0.05) is 15.9 Å². The van der Waals surface area contributed by atoms with E-state index in [2.05, 4.69) is 21.2 Å². The summed E-state index contributed by atoms with van der Waals surface area (Å²) in [5, 5.41) is 14.1. The van der Waals surface area contributed by atoms with E-state index < -0.39 is 17.8 Å². The normalized spacial score (nSPS) is 12.3. The van der Waals surface area contributed by atoms with Crippen LogP contribution in [-0.4, -0.2) is 11.1 Å². The molecule has 0 amide bonds. The molecule has 1 atom stereocenters. The van der Waals surface area contributed by atoms with Crippen LogP contribution in [-0.2, 0) is 11.3 Å². The molecular weight excluding hydrogens is 333 g/mol. The summed E-state index contributed by atoms with van der Waals surface area (Å²) in [4.78, 5) is 12.3. The first-order valence-corrected chi connectivity index (χ1v) is 7.18. The molecule has 1 unspecified atom stereocenters. The van der Waals surface area contributed by atoms with Crippen molar-refractivity contribution >= 4 is 33.2 Å². The molecule has 19 heavy (non-hydrogen) atoms. The minimum absolute atomic E-state index is 0.379. The van der Waals surface area contributed by atoms with Crippen LogP contribution in [0.3, 0.4) is 0 Å². The average molecular weight is 344 g/mol. The molecule has 1 aromatic heterocycles. The highest BCUT2D eigenvalue weighted by Gasteiger charge is 2.22. The molecule has 1 heterocycles. The number of thiophene rings is 1. The Morgan fingerprint density at radius 3 is 2.89 bits per heavy atom. The Hall–Kier alpha value is -1.24. The van der Waals surface area contributed by atoms with Crippen molar-refractivity contribution in [3.63, 3.8) is 0 Å². The summed E-state index contributed by atoms with van der Waals surface area (Å²) < 4.78 is 13.8. The molecule has 0 aliphatic heterocycles. The predicted molar refractivity (Wildman–Crippen MR) is 75.6 cm³/mol. The van der Waals surface area contributed by atoms with E-state index >= 15 is 0 Å². The summed E-state index contributed by atoms with van der Waals surface area (Å²) >= 11 is 4.79. The van der Waals surface area contributed by atoms with Crippen LogP contribution in [0, 0.1) is 5.82 Å². The largest absolute Gasteiger partial charge is 0.480 e. The standard InChI is InChI=1S/C13H11BrFNO2S/c14-11-4-3-8(15)6-10(11)12(13(17)18)16-7-9-2-1-5-19-9/h1-6,12,16H,7H2,(H,17,18).